The molecule has 140 valence electrons. The van der Waals surface area contributed by atoms with Crippen LogP contribution in [0.4, 0.5) is 5.95 Å². The van der Waals surface area contributed by atoms with Gasteiger partial charge in [0.1, 0.15) is 0 Å². The van der Waals surface area contributed by atoms with Crippen molar-refractivity contribution in [1.82, 2.24) is 19.7 Å². The first-order valence-corrected chi connectivity index (χ1v) is 10.0. The molecule has 0 spiro atoms. The van der Waals surface area contributed by atoms with E-state index < -0.39 is 0 Å². The lowest BCUT2D eigenvalue weighted by Gasteiger charge is -2.26. The van der Waals surface area contributed by atoms with Crippen molar-refractivity contribution in [1.29, 1.82) is 0 Å². The molecular formula is C20H30N6. The second-order valence-corrected chi connectivity index (χ2v) is 8.21. The molecule has 2 saturated carbocycles. The quantitative estimate of drug-likeness (QED) is 0.829. The van der Waals surface area contributed by atoms with E-state index >= 15 is 0 Å². The molecule has 0 saturated heterocycles. The molecule has 2 aromatic rings. The van der Waals surface area contributed by atoms with Gasteiger partial charge in [0, 0.05) is 35.6 Å². The van der Waals surface area contributed by atoms with E-state index in [1.807, 2.05) is 18.5 Å². The van der Waals surface area contributed by atoms with Crippen LogP contribution in [-0.2, 0) is 6.42 Å². The van der Waals surface area contributed by atoms with Gasteiger partial charge in [-0.05, 0) is 70.8 Å². The van der Waals surface area contributed by atoms with Crippen molar-refractivity contribution in [3.05, 3.63) is 24.2 Å². The average Bonchev–Trinajstić information content (AvgIpc) is 3.34. The van der Waals surface area contributed by atoms with Crippen molar-refractivity contribution >= 4 is 5.95 Å². The van der Waals surface area contributed by atoms with Crippen LogP contribution in [0.2, 0.25) is 0 Å². The zero-order valence-electron chi connectivity index (χ0n) is 15.9. The lowest BCUT2D eigenvalue weighted by molar-refractivity contribution is 0.410. The maximum absolute atomic E-state index is 6.01. The number of hydrogen-bond acceptors (Lipinski definition) is 5. The first kappa shape index (κ1) is 17.5. The Kier molecular flexibility index (Phi) is 4.94. The summed E-state index contributed by atoms with van der Waals surface area (Å²) in [6, 6.07) is 3.14. The van der Waals surface area contributed by atoms with Crippen LogP contribution in [0.1, 0.15) is 64.1 Å². The fraction of sp³-hybridized carbons (Fsp3) is 0.650. The molecule has 0 aliphatic heterocycles. The Labute approximate surface area is 155 Å². The number of nitrogens with two attached hydrogens (primary N) is 1. The van der Waals surface area contributed by atoms with E-state index in [-0.39, 0.29) is 0 Å². The van der Waals surface area contributed by atoms with Crippen molar-refractivity contribution in [3.63, 3.8) is 0 Å². The van der Waals surface area contributed by atoms with Gasteiger partial charge in [0.15, 0.2) is 0 Å². The fourth-order valence-electron chi connectivity index (χ4n) is 3.87. The van der Waals surface area contributed by atoms with Gasteiger partial charge in [-0.15, -0.1) is 0 Å². The number of anilines is 1. The summed E-state index contributed by atoms with van der Waals surface area (Å²) in [7, 11) is 0. The summed E-state index contributed by atoms with van der Waals surface area (Å²) < 4.78 is 2.16. The van der Waals surface area contributed by atoms with E-state index in [9.17, 15) is 0 Å². The monoisotopic (exact) mass is 354 g/mol. The second-order valence-electron chi connectivity index (χ2n) is 8.21. The number of rotatable bonds is 6. The van der Waals surface area contributed by atoms with Crippen LogP contribution >= 0.6 is 0 Å². The largest absolute Gasteiger partial charge is 0.351 e. The zero-order chi connectivity index (χ0) is 18.1. The zero-order valence-corrected chi connectivity index (χ0v) is 15.9. The third-order valence-corrected chi connectivity index (χ3v) is 5.60. The first-order chi connectivity index (χ1) is 12.6. The molecule has 6 nitrogen and oxygen atoms in total. The van der Waals surface area contributed by atoms with Crippen LogP contribution in [0.5, 0.6) is 0 Å². The van der Waals surface area contributed by atoms with E-state index in [1.165, 1.54) is 18.5 Å². The van der Waals surface area contributed by atoms with Gasteiger partial charge in [-0.2, -0.15) is 5.10 Å². The Hall–Kier alpha value is -1.95. The average molecular weight is 355 g/mol. The van der Waals surface area contributed by atoms with E-state index in [0.29, 0.717) is 18.1 Å². The Morgan fingerprint density at radius 2 is 1.96 bits per heavy atom. The summed E-state index contributed by atoms with van der Waals surface area (Å²) >= 11 is 0. The molecule has 0 aromatic carbocycles. The van der Waals surface area contributed by atoms with Crippen molar-refractivity contribution < 1.29 is 0 Å². The van der Waals surface area contributed by atoms with Crippen LogP contribution in [-0.4, -0.2) is 31.8 Å². The Balaban J connectivity index is 1.56. The maximum Gasteiger partial charge on any atom is 0.223 e. The highest BCUT2D eigenvalue weighted by molar-refractivity contribution is 5.62. The summed E-state index contributed by atoms with van der Waals surface area (Å²) in [5.41, 5.74) is 9.45. The first-order valence-electron chi connectivity index (χ1n) is 10.0. The smallest absolute Gasteiger partial charge is 0.223 e. The Bertz CT molecular complexity index is 741. The number of nitrogens with zero attached hydrogens (tertiary/aromatic N) is 4. The van der Waals surface area contributed by atoms with Gasteiger partial charge in [-0.3, -0.25) is 4.68 Å². The molecule has 0 bridgehead atoms. The van der Waals surface area contributed by atoms with E-state index in [1.54, 1.807) is 0 Å². The normalized spacial score (nSPS) is 23.4. The highest BCUT2D eigenvalue weighted by Gasteiger charge is 2.27. The summed E-state index contributed by atoms with van der Waals surface area (Å²) in [4.78, 5) is 9.25. The predicted molar refractivity (Wildman–Crippen MR) is 104 cm³/mol. The summed E-state index contributed by atoms with van der Waals surface area (Å²) in [6.45, 7) is 4.38. The Morgan fingerprint density at radius 3 is 2.65 bits per heavy atom. The molecule has 4 rings (SSSR count). The summed E-state index contributed by atoms with van der Waals surface area (Å²) in [6.07, 6.45) is 11.9. The minimum absolute atomic E-state index is 0.354. The van der Waals surface area contributed by atoms with Crippen LogP contribution < -0.4 is 11.1 Å². The van der Waals surface area contributed by atoms with E-state index in [0.717, 1.165) is 55.2 Å². The maximum atomic E-state index is 6.01. The molecule has 2 aliphatic carbocycles. The molecule has 2 aromatic heterocycles. The van der Waals surface area contributed by atoms with Gasteiger partial charge in [0.25, 0.3) is 0 Å². The fourth-order valence-corrected chi connectivity index (χ4v) is 3.87. The molecular weight excluding hydrogens is 324 g/mol. The molecule has 0 atom stereocenters. The van der Waals surface area contributed by atoms with Crippen LogP contribution in [0.25, 0.3) is 11.3 Å². The molecule has 3 N–H and O–H groups in total. The lowest BCUT2D eigenvalue weighted by Crippen LogP contribution is -2.33. The van der Waals surface area contributed by atoms with Crippen molar-refractivity contribution in [2.75, 3.05) is 5.32 Å². The van der Waals surface area contributed by atoms with Gasteiger partial charge in [-0.25, -0.2) is 9.97 Å². The topological polar surface area (TPSA) is 81.7 Å². The van der Waals surface area contributed by atoms with Gasteiger partial charge in [0.05, 0.1) is 11.9 Å². The number of nitrogens with one attached hydrogen (secondary N) is 1. The molecule has 0 amide bonds. The van der Waals surface area contributed by atoms with E-state index in [2.05, 4.69) is 33.9 Å². The van der Waals surface area contributed by atoms with Crippen LogP contribution in [0, 0.1) is 5.92 Å². The number of aromatic nitrogens is 4. The summed E-state index contributed by atoms with van der Waals surface area (Å²) in [5, 5.41) is 8.16. The minimum Gasteiger partial charge on any atom is -0.351 e. The third kappa shape index (κ3) is 3.90. The molecule has 2 heterocycles. The van der Waals surface area contributed by atoms with Gasteiger partial charge >= 0.3 is 0 Å². The standard InChI is InChI=1S/C20H30N6/c1-13(2)26-19(11-14-3-4-14)17(12-23-26)18-9-10-22-20(25-18)24-16-7-5-15(21)6-8-16/h9-10,12-16H,3-8,11,21H2,1-2H3,(H,22,24,25)/t15-,16-. The third-order valence-electron chi connectivity index (χ3n) is 5.60. The molecule has 0 radical (unpaired) electrons. The van der Waals surface area contributed by atoms with Gasteiger partial charge in [-0.1, -0.05) is 0 Å². The Morgan fingerprint density at radius 1 is 1.19 bits per heavy atom. The predicted octanol–water partition coefficient (Wildman–Crippen LogP) is 3.56. The highest BCUT2D eigenvalue weighted by atomic mass is 15.3. The molecule has 2 aliphatic rings. The van der Waals surface area contributed by atoms with Gasteiger partial charge < -0.3 is 11.1 Å². The lowest BCUT2D eigenvalue weighted by atomic mass is 9.92. The highest BCUT2D eigenvalue weighted by Crippen LogP contribution is 2.36. The van der Waals surface area contributed by atoms with E-state index in [4.69, 9.17) is 10.7 Å². The minimum atomic E-state index is 0.354. The molecule has 26 heavy (non-hydrogen) atoms. The number of hydrogen-bond donors (Lipinski definition) is 2. The SMILES string of the molecule is CC(C)n1ncc(-c2ccnc(N[C@H]3CC[C@H](N)CC3)n2)c1CC1CC1. The molecule has 6 heteroatoms. The van der Waals surface area contributed by atoms with Crippen molar-refractivity contribution in [3.8, 4) is 11.3 Å². The van der Waals surface area contributed by atoms with Gasteiger partial charge in [0.2, 0.25) is 5.95 Å². The van der Waals surface area contributed by atoms with Crippen molar-refractivity contribution in [2.45, 2.75) is 76.9 Å². The molecule has 2 fully saturated rings. The van der Waals surface area contributed by atoms with Crippen LogP contribution in [0.3, 0.4) is 0 Å². The summed E-state index contributed by atoms with van der Waals surface area (Å²) in [5.74, 6) is 1.53. The van der Waals surface area contributed by atoms with Crippen molar-refractivity contribution in [2.24, 2.45) is 11.7 Å². The van der Waals surface area contributed by atoms with Crippen LogP contribution in [0.15, 0.2) is 18.5 Å². The molecule has 0 unspecified atom stereocenters. The second kappa shape index (κ2) is 7.35.